The molecule has 0 radical (unpaired) electrons. The quantitative estimate of drug-likeness (QED) is 0.212. The van der Waals surface area contributed by atoms with E-state index in [0.717, 1.165) is 11.8 Å². The van der Waals surface area contributed by atoms with E-state index in [1.54, 1.807) is 39.5 Å². The third kappa shape index (κ3) is 5.54. The summed E-state index contributed by atoms with van der Waals surface area (Å²) in [7, 11) is 0. The molecule has 0 bridgehead atoms. The van der Waals surface area contributed by atoms with Crippen LogP contribution in [0.2, 0.25) is 0 Å². The van der Waals surface area contributed by atoms with Gasteiger partial charge in [-0.05, 0) is 124 Å². The second-order valence-corrected chi connectivity index (χ2v) is 12.4. The highest BCUT2D eigenvalue weighted by Crippen LogP contribution is 2.48. The minimum absolute atomic E-state index is 0.562. The van der Waals surface area contributed by atoms with Gasteiger partial charge in [0.05, 0.1) is 0 Å². The van der Waals surface area contributed by atoms with Crippen molar-refractivity contribution in [3.05, 3.63) is 106 Å². The zero-order chi connectivity index (χ0) is 25.7. The molecule has 0 aromatic carbocycles. The van der Waals surface area contributed by atoms with Gasteiger partial charge in [-0.25, -0.2) is 0 Å². The Balaban J connectivity index is 1.14. The molecule has 0 aromatic heterocycles. The van der Waals surface area contributed by atoms with Crippen molar-refractivity contribution in [2.45, 2.75) is 83.5 Å². The molecule has 0 spiro atoms. The number of nitrogens with one attached hydrogen (secondary N) is 1. The summed E-state index contributed by atoms with van der Waals surface area (Å²) in [5, 5.41) is 7.12. The molecule has 5 unspecified atom stereocenters. The van der Waals surface area contributed by atoms with Gasteiger partial charge in [-0.2, -0.15) is 0 Å². The van der Waals surface area contributed by atoms with Crippen LogP contribution in [0, 0.1) is 35.0 Å². The molecule has 6 aliphatic carbocycles. The number of hydrogen-bond donors (Lipinski definition) is 1. The molecule has 198 valence electrons. The molecule has 6 aliphatic rings. The summed E-state index contributed by atoms with van der Waals surface area (Å²) in [6, 6.07) is 0. The predicted octanol–water partition coefficient (Wildman–Crippen LogP) is 10.1. The van der Waals surface area contributed by atoms with Gasteiger partial charge in [0.25, 0.3) is 0 Å². The molecule has 1 fully saturated rings. The standard InChI is InChI=1S/C37H45N/c38-25-7-1-2-8-27-13-15-30(16-14-27)34-23-24-35(37-12-6-5-11-36(34)37)31-20-17-29(18-21-31)33-22-19-28-9-3-4-10-32(28)26-33/h1-2,5-8,11-12,15,19-20,22,25,27,29,32,34,36,38H,3-4,9-10,13-14,16-18,21,23-24,26H2/b7-1-,8-2+,38-25?. The molecule has 0 aliphatic heterocycles. The molecule has 1 saturated carbocycles. The first-order valence-electron chi connectivity index (χ1n) is 15.5. The minimum Gasteiger partial charge on any atom is -0.309 e. The van der Waals surface area contributed by atoms with Crippen LogP contribution >= 0.6 is 0 Å². The summed E-state index contributed by atoms with van der Waals surface area (Å²) in [5.74, 6) is 3.52. The molecule has 0 aromatic rings. The van der Waals surface area contributed by atoms with Crippen molar-refractivity contribution in [2.24, 2.45) is 29.6 Å². The molecule has 0 amide bonds. The normalized spacial score (nSPS) is 33.4. The van der Waals surface area contributed by atoms with Gasteiger partial charge in [0.2, 0.25) is 0 Å². The third-order valence-corrected chi connectivity index (χ3v) is 10.3. The second kappa shape index (κ2) is 12.0. The van der Waals surface area contributed by atoms with E-state index < -0.39 is 0 Å². The van der Waals surface area contributed by atoms with Crippen LogP contribution in [0.25, 0.3) is 0 Å². The van der Waals surface area contributed by atoms with Gasteiger partial charge in [-0.1, -0.05) is 90.0 Å². The highest BCUT2D eigenvalue weighted by atomic mass is 14.4. The van der Waals surface area contributed by atoms with E-state index in [9.17, 15) is 0 Å². The summed E-state index contributed by atoms with van der Waals surface area (Å²) in [6.45, 7) is 0. The lowest BCUT2D eigenvalue weighted by molar-refractivity contribution is 0.403. The van der Waals surface area contributed by atoms with Crippen molar-refractivity contribution in [1.82, 2.24) is 0 Å². The highest BCUT2D eigenvalue weighted by Gasteiger charge is 2.35. The van der Waals surface area contributed by atoms with E-state index in [2.05, 4.69) is 60.8 Å². The summed E-state index contributed by atoms with van der Waals surface area (Å²) in [5.41, 5.74) is 10.2. The Labute approximate surface area is 230 Å². The maximum absolute atomic E-state index is 7.12. The van der Waals surface area contributed by atoms with Gasteiger partial charge in [0.1, 0.15) is 0 Å². The van der Waals surface area contributed by atoms with Gasteiger partial charge in [0.15, 0.2) is 0 Å². The third-order valence-electron chi connectivity index (χ3n) is 10.3. The summed E-state index contributed by atoms with van der Waals surface area (Å²) >= 11 is 0. The molecule has 5 atom stereocenters. The average molecular weight is 504 g/mol. The Bertz CT molecular complexity index is 1190. The lowest BCUT2D eigenvalue weighted by atomic mass is 9.66. The molecule has 1 N–H and O–H groups in total. The topological polar surface area (TPSA) is 23.9 Å². The van der Waals surface area contributed by atoms with Crippen LogP contribution in [0.3, 0.4) is 0 Å². The van der Waals surface area contributed by atoms with Crippen molar-refractivity contribution in [1.29, 1.82) is 5.41 Å². The lowest BCUT2D eigenvalue weighted by Crippen LogP contribution is -2.26. The van der Waals surface area contributed by atoms with Gasteiger partial charge >= 0.3 is 0 Å². The van der Waals surface area contributed by atoms with E-state index in [4.69, 9.17) is 5.41 Å². The van der Waals surface area contributed by atoms with E-state index in [1.807, 2.05) is 6.08 Å². The van der Waals surface area contributed by atoms with E-state index in [1.165, 1.54) is 89.7 Å². The SMILES string of the molecule is N=C/C=C\C=C\C1CC=C(C2CCC(C3=CCC(C4=CC=C5CCCCC5C4)CC3)=C3C=CC=CC32)CC1. The van der Waals surface area contributed by atoms with Crippen molar-refractivity contribution in [3.63, 3.8) is 0 Å². The first kappa shape index (κ1) is 25.6. The van der Waals surface area contributed by atoms with Crippen molar-refractivity contribution in [2.75, 3.05) is 0 Å². The fraction of sp³-hybridized carbons (Fsp3) is 0.486. The van der Waals surface area contributed by atoms with E-state index in [-0.39, 0.29) is 0 Å². The first-order valence-corrected chi connectivity index (χ1v) is 15.5. The number of fused-ring (bicyclic) bond motifs is 2. The Morgan fingerprint density at radius 2 is 1.68 bits per heavy atom. The predicted molar refractivity (Wildman–Crippen MR) is 162 cm³/mol. The van der Waals surface area contributed by atoms with Crippen LogP contribution in [0.5, 0.6) is 0 Å². The fourth-order valence-corrected chi connectivity index (χ4v) is 8.20. The first-order chi connectivity index (χ1) is 18.8. The maximum Gasteiger partial charge on any atom is 0.0177 e. The monoisotopic (exact) mass is 503 g/mol. The van der Waals surface area contributed by atoms with Gasteiger partial charge in [-0.3, -0.25) is 0 Å². The molecular weight excluding hydrogens is 458 g/mol. The van der Waals surface area contributed by atoms with Crippen LogP contribution < -0.4 is 0 Å². The summed E-state index contributed by atoms with van der Waals surface area (Å²) in [4.78, 5) is 0. The van der Waals surface area contributed by atoms with Crippen LogP contribution in [-0.2, 0) is 0 Å². The molecule has 0 saturated heterocycles. The smallest absolute Gasteiger partial charge is 0.0177 e. The Kier molecular flexibility index (Phi) is 8.10. The van der Waals surface area contributed by atoms with Crippen LogP contribution in [0.1, 0.15) is 83.5 Å². The molecule has 1 nitrogen and oxygen atoms in total. The zero-order valence-corrected chi connectivity index (χ0v) is 23.1. The van der Waals surface area contributed by atoms with Gasteiger partial charge < -0.3 is 5.41 Å². The maximum atomic E-state index is 7.12. The van der Waals surface area contributed by atoms with E-state index >= 15 is 0 Å². The molecule has 1 heteroatoms. The largest absolute Gasteiger partial charge is 0.309 e. The van der Waals surface area contributed by atoms with Crippen molar-refractivity contribution < 1.29 is 0 Å². The zero-order valence-electron chi connectivity index (χ0n) is 23.1. The highest BCUT2D eigenvalue weighted by molar-refractivity contribution is 5.68. The lowest BCUT2D eigenvalue weighted by Gasteiger charge is -2.39. The Hall–Kier alpha value is -2.67. The molecule has 38 heavy (non-hydrogen) atoms. The van der Waals surface area contributed by atoms with Crippen molar-refractivity contribution in [3.8, 4) is 0 Å². The molecule has 6 rings (SSSR count). The van der Waals surface area contributed by atoms with Crippen molar-refractivity contribution >= 4 is 6.21 Å². The fourth-order valence-electron chi connectivity index (χ4n) is 8.20. The van der Waals surface area contributed by atoms with Crippen LogP contribution in [-0.4, -0.2) is 6.21 Å². The number of rotatable bonds is 6. The second-order valence-electron chi connectivity index (χ2n) is 12.4. The molecular formula is C37H45N. The van der Waals surface area contributed by atoms with Crippen LogP contribution in [0.4, 0.5) is 0 Å². The number of hydrogen-bond acceptors (Lipinski definition) is 1. The van der Waals surface area contributed by atoms with Gasteiger partial charge in [0, 0.05) is 12.1 Å². The number of allylic oxidation sites excluding steroid dienone is 18. The Morgan fingerprint density at radius 1 is 0.737 bits per heavy atom. The molecule has 0 heterocycles. The van der Waals surface area contributed by atoms with Crippen LogP contribution in [0.15, 0.2) is 106 Å². The Morgan fingerprint density at radius 3 is 2.53 bits per heavy atom. The summed E-state index contributed by atoms with van der Waals surface area (Å²) < 4.78 is 0. The van der Waals surface area contributed by atoms with E-state index in [0.29, 0.717) is 17.8 Å². The van der Waals surface area contributed by atoms with Gasteiger partial charge in [-0.15, -0.1) is 0 Å². The summed E-state index contributed by atoms with van der Waals surface area (Å²) in [6.07, 6.45) is 46.3. The minimum atomic E-state index is 0.562. The average Bonchev–Trinajstić information content (AvgIpc) is 2.99.